The van der Waals surface area contributed by atoms with Crippen LogP contribution in [-0.4, -0.2) is 5.97 Å². The Morgan fingerprint density at radius 1 is 1.13 bits per heavy atom. The fourth-order valence-corrected chi connectivity index (χ4v) is 3.80. The molecule has 0 fully saturated rings. The van der Waals surface area contributed by atoms with Crippen LogP contribution in [-0.2, 0) is 6.42 Å². The predicted molar refractivity (Wildman–Crippen MR) is 121 cm³/mol. The molecule has 154 valence electrons. The number of rotatable bonds is 4. The summed E-state index contributed by atoms with van der Waals surface area (Å²) in [6, 6.07) is 22.3. The summed E-state index contributed by atoms with van der Waals surface area (Å²) in [5.41, 5.74) is 9.80. The first-order valence-corrected chi connectivity index (χ1v) is 10.6. The third kappa shape index (κ3) is 4.18. The van der Waals surface area contributed by atoms with E-state index >= 15 is 0 Å². The number of halogens is 1. The molecule has 0 saturated heterocycles. The minimum absolute atomic E-state index is 0.0518. The van der Waals surface area contributed by atoms with Crippen molar-refractivity contribution < 1.29 is 14.3 Å². The number of nitrogens with two attached hydrogens (primary N) is 1. The van der Waals surface area contributed by atoms with Gasteiger partial charge < -0.3 is 15.2 Å². The van der Waals surface area contributed by atoms with Gasteiger partial charge in [0.25, 0.3) is 0 Å². The Morgan fingerprint density at radius 3 is 2.48 bits per heavy atom. The molecule has 0 aromatic heterocycles. The van der Waals surface area contributed by atoms with Crippen molar-refractivity contribution in [3.8, 4) is 17.6 Å². The number of carbonyl (C=O) groups excluding carboxylic acids is 1. The van der Waals surface area contributed by atoms with Crippen molar-refractivity contribution in [3.63, 3.8) is 0 Å². The Bertz CT molecular complexity index is 1210. The molecule has 0 bridgehead atoms. The number of esters is 1. The van der Waals surface area contributed by atoms with Gasteiger partial charge in [-0.25, -0.2) is 4.79 Å². The smallest absolute Gasteiger partial charge is 0.343 e. The minimum Gasteiger partial charge on any atom is -0.440 e. The van der Waals surface area contributed by atoms with E-state index in [2.05, 4.69) is 28.9 Å². The van der Waals surface area contributed by atoms with Crippen LogP contribution in [0.15, 0.2) is 82.7 Å². The van der Waals surface area contributed by atoms with Crippen LogP contribution in [0.5, 0.6) is 11.5 Å². The molecular formula is C25H19BrN2O3. The molecule has 1 aliphatic rings. The van der Waals surface area contributed by atoms with Gasteiger partial charge in [-0.3, -0.25) is 0 Å². The van der Waals surface area contributed by atoms with Gasteiger partial charge in [0.05, 0.1) is 11.5 Å². The van der Waals surface area contributed by atoms with Crippen LogP contribution in [0.3, 0.4) is 0 Å². The SMILES string of the molecule is CCc1ccc(C2C(C#N)=C(N)Oc3cc(OC(=O)c4ccc(Br)cc4)ccc32)cc1. The molecule has 5 nitrogen and oxygen atoms in total. The van der Waals surface area contributed by atoms with Crippen molar-refractivity contribution in [2.24, 2.45) is 5.73 Å². The zero-order chi connectivity index (χ0) is 22.0. The summed E-state index contributed by atoms with van der Waals surface area (Å²) in [5, 5.41) is 9.70. The Kier molecular flexibility index (Phi) is 5.79. The van der Waals surface area contributed by atoms with Gasteiger partial charge in [0.2, 0.25) is 5.88 Å². The number of carbonyl (C=O) groups is 1. The number of aryl methyl sites for hydroxylation is 1. The average Bonchev–Trinajstić information content (AvgIpc) is 2.78. The standard InChI is InChI=1S/C25H19BrN2O3/c1-2-15-3-5-16(6-4-15)23-20-12-11-19(13-22(20)31-24(28)21(23)14-27)30-25(29)17-7-9-18(26)10-8-17/h3-13,23H,2,28H2,1H3. The number of nitriles is 1. The molecule has 0 aliphatic carbocycles. The van der Waals surface area contributed by atoms with Crippen LogP contribution in [0.1, 0.15) is 39.9 Å². The second-order valence-electron chi connectivity index (χ2n) is 7.12. The zero-order valence-electron chi connectivity index (χ0n) is 16.8. The van der Waals surface area contributed by atoms with E-state index in [4.69, 9.17) is 15.2 Å². The molecule has 1 atom stereocenters. The van der Waals surface area contributed by atoms with Gasteiger partial charge in [-0.2, -0.15) is 5.26 Å². The zero-order valence-corrected chi connectivity index (χ0v) is 18.3. The van der Waals surface area contributed by atoms with E-state index in [-0.39, 0.29) is 11.8 Å². The van der Waals surface area contributed by atoms with Gasteiger partial charge in [-0.05, 0) is 47.9 Å². The summed E-state index contributed by atoms with van der Waals surface area (Å²) in [6.07, 6.45) is 0.931. The molecule has 4 rings (SSSR count). The maximum absolute atomic E-state index is 12.4. The topological polar surface area (TPSA) is 85.3 Å². The highest BCUT2D eigenvalue weighted by atomic mass is 79.9. The van der Waals surface area contributed by atoms with Crippen LogP contribution in [0.4, 0.5) is 0 Å². The molecule has 0 amide bonds. The van der Waals surface area contributed by atoms with Crippen molar-refractivity contribution in [2.45, 2.75) is 19.3 Å². The summed E-state index contributed by atoms with van der Waals surface area (Å²) in [4.78, 5) is 12.4. The molecule has 0 radical (unpaired) electrons. The van der Waals surface area contributed by atoms with E-state index < -0.39 is 5.97 Å². The number of allylic oxidation sites excluding steroid dienone is 1. The summed E-state index contributed by atoms with van der Waals surface area (Å²) in [5.74, 6) is 0.0187. The van der Waals surface area contributed by atoms with E-state index in [1.54, 1.807) is 36.4 Å². The fourth-order valence-electron chi connectivity index (χ4n) is 3.54. The Morgan fingerprint density at radius 2 is 1.84 bits per heavy atom. The number of hydrogen-bond donors (Lipinski definition) is 1. The predicted octanol–water partition coefficient (Wildman–Crippen LogP) is 5.45. The lowest BCUT2D eigenvalue weighted by atomic mass is 9.83. The summed E-state index contributed by atoms with van der Waals surface area (Å²) < 4.78 is 12.1. The van der Waals surface area contributed by atoms with Gasteiger partial charge in [-0.15, -0.1) is 0 Å². The molecule has 6 heteroatoms. The molecule has 3 aromatic rings. The monoisotopic (exact) mass is 474 g/mol. The minimum atomic E-state index is -0.476. The van der Waals surface area contributed by atoms with Crippen LogP contribution < -0.4 is 15.2 Å². The van der Waals surface area contributed by atoms with Crippen molar-refractivity contribution in [1.82, 2.24) is 0 Å². The Hall–Kier alpha value is -3.56. The van der Waals surface area contributed by atoms with Crippen molar-refractivity contribution in [1.29, 1.82) is 5.26 Å². The molecule has 1 aliphatic heterocycles. The molecule has 0 spiro atoms. The van der Waals surface area contributed by atoms with Gasteiger partial charge in [0.1, 0.15) is 23.1 Å². The highest BCUT2D eigenvalue weighted by molar-refractivity contribution is 9.10. The number of hydrogen-bond acceptors (Lipinski definition) is 5. The fraction of sp³-hybridized carbons (Fsp3) is 0.120. The lowest BCUT2D eigenvalue weighted by Gasteiger charge is -2.26. The number of fused-ring (bicyclic) bond motifs is 1. The van der Waals surface area contributed by atoms with Crippen molar-refractivity contribution in [3.05, 3.63) is 105 Å². The summed E-state index contributed by atoms with van der Waals surface area (Å²) in [7, 11) is 0. The van der Waals surface area contributed by atoms with Gasteiger partial charge in [0.15, 0.2) is 0 Å². The molecule has 1 heterocycles. The molecule has 2 N–H and O–H groups in total. The van der Waals surface area contributed by atoms with E-state index in [0.717, 1.165) is 22.0 Å². The van der Waals surface area contributed by atoms with E-state index in [1.165, 1.54) is 5.56 Å². The Balaban J connectivity index is 1.67. The Labute approximate surface area is 188 Å². The summed E-state index contributed by atoms with van der Waals surface area (Å²) in [6.45, 7) is 2.09. The summed E-state index contributed by atoms with van der Waals surface area (Å²) >= 11 is 3.34. The van der Waals surface area contributed by atoms with Crippen LogP contribution >= 0.6 is 15.9 Å². The van der Waals surface area contributed by atoms with Crippen molar-refractivity contribution >= 4 is 21.9 Å². The maximum atomic E-state index is 12.4. The van der Waals surface area contributed by atoms with Gasteiger partial charge in [-0.1, -0.05) is 53.2 Å². The number of nitrogens with zero attached hydrogens (tertiary/aromatic N) is 1. The maximum Gasteiger partial charge on any atom is 0.343 e. The molecule has 3 aromatic carbocycles. The van der Waals surface area contributed by atoms with Crippen LogP contribution in [0, 0.1) is 11.3 Å². The second-order valence-corrected chi connectivity index (χ2v) is 8.03. The largest absolute Gasteiger partial charge is 0.440 e. The first kappa shape index (κ1) is 20.7. The molecule has 31 heavy (non-hydrogen) atoms. The van der Waals surface area contributed by atoms with Crippen LogP contribution in [0.2, 0.25) is 0 Å². The van der Waals surface area contributed by atoms with Crippen LogP contribution in [0.25, 0.3) is 0 Å². The third-order valence-electron chi connectivity index (χ3n) is 5.20. The van der Waals surface area contributed by atoms with E-state index in [9.17, 15) is 10.1 Å². The first-order chi connectivity index (χ1) is 15.0. The number of ether oxygens (including phenoxy) is 2. The molecular weight excluding hydrogens is 456 g/mol. The van der Waals surface area contributed by atoms with Gasteiger partial charge in [0, 0.05) is 16.1 Å². The first-order valence-electron chi connectivity index (χ1n) is 9.78. The lowest BCUT2D eigenvalue weighted by molar-refractivity contribution is 0.0734. The third-order valence-corrected chi connectivity index (χ3v) is 5.73. The van der Waals surface area contributed by atoms with Gasteiger partial charge >= 0.3 is 5.97 Å². The lowest BCUT2D eigenvalue weighted by Crippen LogP contribution is -2.21. The normalized spacial score (nSPS) is 14.9. The molecule has 0 saturated carbocycles. The second kappa shape index (κ2) is 8.66. The number of benzene rings is 3. The highest BCUT2D eigenvalue weighted by Crippen LogP contribution is 2.43. The van der Waals surface area contributed by atoms with Crippen molar-refractivity contribution in [2.75, 3.05) is 0 Å². The average molecular weight is 475 g/mol. The highest BCUT2D eigenvalue weighted by Gasteiger charge is 2.31. The van der Waals surface area contributed by atoms with E-state index in [1.807, 2.05) is 30.3 Å². The molecule has 1 unspecified atom stereocenters. The quantitative estimate of drug-likeness (QED) is 0.401. The van der Waals surface area contributed by atoms with E-state index in [0.29, 0.717) is 22.6 Å².